The summed E-state index contributed by atoms with van der Waals surface area (Å²) in [6.45, 7) is 0. The summed E-state index contributed by atoms with van der Waals surface area (Å²) in [6, 6.07) is 6.72. The van der Waals surface area contributed by atoms with Crippen LogP contribution >= 0.6 is 11.6 Å². The first-order valence-corrected chi connectivity index (χ1v) is 5.42. The number of pyridine rings is 1. The second kappa shape index (κ2) is 5.01. The highest BCUT2D eigenvalue weighted by Crippen LogP contribution is 2.18. The van der Waals surface area contributed by atoms with Crippen molar-refractivity contribution >= 4 is 29.0 Å². The van der Waals surface area contributed by atoms with Crippen LogP contribution in [0.2, 0.25) is 5.02 Å². The van der Waals surface area contributed by atoms with Crippen LogP contribution in [0.4, 0.5) is 15.9 Å². The zero-order chi connectivity index (χ0) is 13.1. The number of hydrogen-bond donors (Lipinski definition) is 2. The highest BCUT2D eigenvalue weighted by atomic mass is 35.5. The summed E-state index contributed by atoms with van der Waals surface area (Å²) < 4.78 is 12.8. The molecular weight excluding hydrogens is 257 g/mol. The Bertz CT molecular complexity index is 586. The Labute approximate surface area is 108 Å². The number of amides is 1. The highest BCUT2D eigenvalue weighted by molar-refractivity contribution is 6.34. The van der Waals surface area contributed by atoms with E-state index < -0.39 is 11.7 Å². The minimum Gasteiger partial charge on any atom is -0.397 e. The first-order valence-electron chi connectivity index (χ1n) is 5.04. The summed E-state index contributed by atoms with van der Waals surface area (Å²) in [7, 11) is 0. The molecule has 0 bridgehead atoms. The molecule has 1 aromatic carbocycles. The number of nitrogens with two attached hydrogens (primary N) is 1. The van der Waals surface area contributed by atoms with Crippen LogP contribution in [-0.2, 0) is 0 Å². The van der Waals surface area contributed by atoms with E-state index in [0.717, 1.165) is 12.1 Å². The van der Waals surface area contributed by atoms with Crippen molar-refractivity contribution in [3.63, 3.8) is 0 Å². The Kier molecular flexibility index (Phi) is 3.43. The Morgan fingerprint density at radius 1 is 1.33 bits per heavy atom. The summed E-state index contributed by atoms with van der Waals surface area (Å²) in [5.41, 5.74) is 6.14. The molecule has 2 rings (SSSR count). The lowest BCUT2D eigenvalue weighted by molar-refractivity contribution is 0.102. The lowest BCUT2D eigenvalue weighted by atomic mass is 10.2. The van der Waals surface area contributed by atoms with E-state index >= 15 is 0 Å². The first kappa shape index (κ1) is 12.3. The number of halogens is 2. The molecule has 1 aromatic heterocycles. The molecule has 6 heteroatoms. The van der Waals surface area contributed by atoms with Crippen LogP contribution in [0.15, 0.2) is 36.5 Å². The third kappa shape index (κ3) is 2.75. The monoisotopic (exact) mass is 265 g/mol. The number of carbonyl (C=O) groups excluding carboxylic acids is 1. The fourth-order valence-corrected chi connectivity index (χ4v) is 1.59. The molecule has 92 valence electrons. The summed E-state index contributed by atoms with van der Waals surface area (Å²) in [5.74, 6) is -0.617. The standard InChI is InChI=1S/C12H9ClFN3O/c13-10-5-7(14)1-3-9(10)12(18)17-11-4-2-8(15)6-16-11/h1-6H,15H2,(H,16,17,18). The van der Waals surface area contributed by atoms with Gasteiger partial charge in [-0.15, -0.1) is 0 Å². The predicted octanol–water partition coefficient (Wildman–Crippen LogP) is 2.71. The third-order valence-corrected chi connectivity index (χ3v) is 2.52. The molecule has 3 N–H and O–H groups in total. The maximum Gasteiger partial charge on any atom is 0.258 e. The molecule has 0 aliphatic carbocycles. The fraction of sp³-hybridized carbons (Fsp3) is 0. The summed E-state index contributed by atoms with van der Waals surface area (Å²) in [6.07, 6.45) is 1.42. The Morgan fingerprint density at radius 3 is 2.72 bits per heavy atom. The smallest absolute Gasteiger partial charge is 0.258 e. The average molecular weight is 266 g/mol. The van der Waals surface area contributed by atoms with Crippen LogP contribution in [0.25, 0.3) is 0 Å². The number of hydrogen-bond acceptors (Lipinski definition) is 3. The average Bonchev–Trinajstić information content (AvgIpc) is 2.32. The van der Waals surface area contributed by atoms with Gasteiger partial charge < -0.3 is 11.1 Å². The lowest BCUT2D eigenvalue weighted by Crippen LogP contribution is -2.13. The topological polar surface area (TPSA) is 68.0 Å². The molecule has 0 aliphatic heterocycles. The van der Waals surface area contributed by atoms with Crippen LogP contribution in [0, 0.1) is 5.82 Å². The molecule has 0 spiro atoms. The highest BCUT2D eigenvalue weighted by Gasteiger charge is 2.11. The molecule has 0 unspecified atom stereocenters. The molecule has 0 saturated carbocycles. The van der Waals surface area contributed by atoms with Gasteiger partial charge in [0.15, 0.2) is 0 Å². The molecular formula is C12H9ClFN3O. The van der Waals surface area contributed by atoms with Crippen LogP contribution in [0.3, 0.4) is 0 Å². The van der Waals surface area contributed by atoms with E-state index in [4.69, 9.17) is 17.3 Å². The number of nitrogens with one attached hydrogen (secondary N) is 1. The van der Waals surface area contributed by atoms with Crippen molar-refractivity contribution in [1.82, 2.24) is 4.98 Å². The van der Waals surface area contributed by atoms with Gasteiger partial charge >= 0.3 is 0 Å². The lowest BCUT2D eigenvalue weighted by Gasteiger charge is -2.06. The SMILES string of the molecule is Nc1ccc(NC(=O)c2ccc(F)cc2Cl)nc1. The van der Waals surface area contributed by atoms with Crippen molar-refractivity contribution in [2.75, 3.05) is 11.1 Å². The van der Waals surface area contributed by atoms with E-state index in [1.165, 1.54) is 12.3 Å². The minimum absolute atomic E-state index is 0.0444. The molecule has 1 heterocycles. The van der Waals surface area contributed by atoms with Crippen molar-refractivity contribution in [1.29, 1.82) is 0 Å². The molecule has 0 atom stereocenters. The van der Waals surface area contributed by atoms with Crippen molar-refractivity contribution in [2.45, 2.75) is 0 Å². The van der Waals surface area contributed by atoms with Gasteiger partial charge in [0.25, 0.3) is 5.91 Å². The molecule has 0 fully saturated rings. The minimum atomic E-state index is -0.498. The summed E-state index contributed by atoms with van der Waals surface area (Å²) in [5, 5.41) is 2.58. The largest absolute Gasteiger partial charge is 0.397 e. The molecule has 4 nitrogen and oxygen atoms in total. The van der Waals surface area contributed by atoms with E-state index in [1.54, 1.807) is 12.1 Å². The van der Waals surface area contributed by atoms with E-state index in [2.05, 4.69) is 10.3 Å². The van der Waals surface area contributed by atoms with E-state index in [1.807, 2.05) is 0 Å². The van der Waals surface area contributed by atoms with Gasteiger partial charge in [-0.1, -0.05) is 11.6 Å². The Balaban J connectivity index is 2.19. The van der Waals surface area contributed by atoms with E-state index in [-0.39, 0.29) is 10.6 Å². The Hall–Kier alpha value is -2.14. The quantitative estimate of drug-likeness (QED) is 0.877. The molecule has 0 saturated heterocycles. The Morgan fingerprint density at radius 2 is 2.11 bits per heavy atom. The molecule has 2 aromatic rings. The number of anilines is 2. The van der Waals surface area contributed by atoms with Crippen molar-refractivity contribution in [2.24, 2.45) is 0 Å². The predicted molar refractivity (Wildman–Crippen MR) is 68.0 cm³/mol. The number of nitrogens with zero attached hydrogens (tertiary/aromatic N) is 1. The second-order valence-corrected chi connectivity index (χ2v) is 3.96. The zero-order valence-electron chi connectivity index (χ0n) is 9.15. The molecule has 1 amide bonds. The van der Waals surface area contributed by atoms with Gasteiger partial charge in [0.1, 0.15) is 11.6 Å². The van der Waals surface area contributed by atoms with E-state index in [0.29, 0.717) is 11.5 Å². The number of benzene rings is 1. The van der Waals surface area contributed by atoms with Gasteiger partial charge in [0, 0.05) is 0 Å². The van der Waals surface area contributed by atoms with E-state index in [9.17, 15) is 9.18 Å². The normalized spacial score (nSPS) is 10.1. The number of rotatable bonds is 2. The number of carbonyl (C=O) groups is 1. The summed E-state index contributed by atoms with van der Waals surface area (Å²) in [4.78, 5) is 15.8. The molecule has 0 aliphatic rings. The van der Waals surface area contributed by atoms with Crippen LogP contribution in [0.1, 0.15) is 10.4 Å². The van der Waals surface area contributed by atoms with Gasteiger partial charge in [0.2, 0.25) is 0 Å². The van der Waals surface area contributed by atoms with Crippen LogP contribution in [-0.4, -0.2) is 10.9 Å². The number of aromatic nitrogens is 1. The van der Waals surface area contributed by atoms with Gasteiger partial charge in [-0.2, -0.15) is 0 Å². The van der Waals surface area contributed by atoms with Gasteiger partial charge in [-0.05, 0) is 30.3 Å². The second-order valence-electron chi connectivity index (χ2n) is 3.56. The molecule has 0 radical (unpaired) electrons. The fourth-order valence-electron chi connectivity index (χ4n) is 1.34. The molecule has 18 heavy (non-hydrogen) atoms. The zero-order valence-corrected chi connectivity index (χ0v) is 9.91. The summed E-state index contributed by atoms with van der Waals surface area (Å²) >= 11 is 5.77. The van der Waals surface area contributed by atoms with Crippen LogP contribution in [0.5, 0.6) is 0 Å². The van der Waals surface area contributed by atoms with Crippen molar-refractivity contribution in [3.8, 4) is 0 Å². The van der Waals surface area contributed by atoms with Crippen LogP contribution < -0.4 is 11.1 Å². The van der Waals surface area contributed by atoms with Crippen molar-refractivity contribution in [3.05, 3.63) is 52.9 Å². The van der Waals surface area contributed by atoms with Crippen molar-refractivity contribution < 1.29 is 9.18 Å². The maximum absolute atomic E-state index is 12.8. The van der Waals surface area contributed by atoms with Gasteiger partial charge in [-0.3, -0.25) is 4.79 Å². The maximum atomic E-state index is 12.8. The first-order chi connectivity index (χ1) is 8.56. The van der Waals surface area contributed by atoms with Gasteiger partial charge in [0.05, 0.1) is 22.5 Å². The van der Waals surface area contributed by atoms with Gasteiger partial charge in [-0.25, -0.2) is 9.37 Å². The number of nitrogen functional groups attached to an aromatic ring is 1. The third-order valence-electron chi connectivity index (χ3n) is 2.20.